The summed E-state index contributed by atoms with van der Waals surface area (Å²) in [5.74, 6) is -0.629. The molecule has 9 nitrogen and oxygen atoms in total. The zero-order valence-electron chi connectivity index (χ0n) is 15.0. The van der Waals surface area contributed by atoms with Crippen LogP contribution in [-0.4, -0.2) is 46.4 Å². The van der Waals surface area contributed by atoms with Crippen molar-refractivity contribution in [1.29, 1.82) is 0 Å². The fourth-order valence-electron chi connectivity index (χ4n) is 2.77. The van der Waals surface area contributed by atoms with Gasteiger partial charge in [-0.3, -0.25) is 14.9 Å². The van der Waals surface area contributed by atoms with Gasteiger partial charge in [-0.05, 0) is 19.9 Å². The Morgan fingerprint density at radius 1 is 1.27 bits per heavy atom. The molecule has 0 bridgehead atoms. The maximum atomic E-state index is 12.8. The van der Waals surface area contributed by atoms with Crippen LogP contribution in [0.2, 0.25) is 0 Å². The molecule has 0 saturated heterocycles. The minimum atomic E-state index is -3.79. The Bertz CT molecular complexity index is 961. The first-order chi connectivity index (χ1) is 12.1. The lowest BCUT2D eigenvalue weighted by Crippen LogP contribution is -2.31. The smallest absolute Gasteiger partial charge is 0.267 e. The van der Waals surface area contributed by atoms with E-state index in [1.165, 1.54) is 36.4 Å². The second kappa shape index (κ2) is 7.34. The SMILES string of the molecule is CCN(CC)S(=O)(=O)c1c(C)nn(C(=O)c2cccc([N+](=O)[O-])c2)c1C. The summed E-state index contributed by atoms with van der Waals surface area (Å²) in [7, 11) is -3.79. The van der Waals surface area contributed by atoms with Crippen LogP contribution in [0.25, 0.3) is 0 Å². The fourth-order valence-corrected chi connectivity index (χ4v) is 4.58. The number of nitro benzene ring substituents is 1. The third-order valence-corrected chi connectivity index (χ3v) is 6.33. The van der Waals surface area contributed by atoms with Crippen molar-refractivity contribution in [2.24, 2.45) is 0 Å². The zero-order valence-corrected chi connectivity index (χ0v) is 15.8. The Morgan fingerprint density at radius 3 is 2.42 bits per heavy atom. The summed E-state index contributed by atoms with van der Waals surface area (Å²) in [6.07, 6.45) is 0. The van der Waals surface area contributed by atoms with E-state index < -0.39 is 20.9 Å². The molecule has 10 heteroatoms. The van der Waals surface area contributed by atoms with Gasteiger partial charge in [0.25, 0.3) is 11.6 Å². The van der Waals surface area contributed by atoms with Crippen molar-refractivity contribution in [2.45, 2.75) is 32.6 Å². The summed E-state index contributed by atoms with van der Waals surface area (Å²) in [5, 5.41) is 15.0. The van der Waals surface area contributed by atoms with Crippen molar-refractivity contribution in [2.75, 3.05) is 13.1 Å². The third kappa shape index (κ3) is 3.37. The van der Waals surface area contributed by atoms with E-state index >= 15 is 0 Å². The number of rotatable bonds is 6. The number of carbonyl (C=O) groups excluding carboxylic acids is 1. The van der Waals surface area contributed by atoms with Crippen LogP contribution in [0.5, 0.6) is 0 Å². The highest BCUT2D eigenvalue weighted by molar-refractivity contribution is 7.89. The second-order valence-corrected chi connectivity index (χ2v) is 7.49. The Labute approximate surface area is 151 Å². The number of nitro groups is 1. The molecule has 0 fully saturated rings. The van der Waals surface area contributed by atoms with Crippen LogP contribution in [0.1, 0.15) is 35.6 Å². The average Bonchev–Trinajstić information content (AvgIpc) is 2.90. The first-order valence-electron chi connectivity index (χ1n) is 8.00. The Balaban J connectivity index is 2.56. The van der Waals surface area contributed by atoms with Gasteiger partial charge in [-0.2, -0.15) is 14.1 Å². The van der Waals surface area contributed by atoms with E-state index in [4.69, 9.17) is 0 Å². The number of carbonyl (C=O) groups is 1. The number of hydrogen-bond donors (Lipinski definition) is 0. The highest BCUT2D eigenvalue weighted by Crippen LogP contribution is 2.24. The lowest BCUT2D eigenvalue weighted by molar-refractivity contribution is -0.384. The van der Waals surface area contributed by atoms with Gasteiger partial charge in [-0.15, -0.1) is 0 Å². The number of aryl methyl sites for hydroxylation is 1. The van der Waals surface area contributed by atoms with E-state index in [1.54, 1.807) is 13.8 Å². The molecule has 0 saturated carbocycles. The highest BCUT2D eigenvalue weighted by Gasteiger charge is 2.31. The number of sulfonamides is 1. The summed E-state index contributed by atoms with van der Waals surface area (Å²) in [5.41, 5.74) is 0.198. The highest BCUT2D eigenvalue weighted by atomic mass is 32.2. The summed E-state index contributed by atoms with van der Waals surface area (Å²) < 4.78 is 27.9. The lowest BCUT2D eigenvalue weighted by Gasteiger charge is -2.18. The molecular weight excluding hydrogens is 360 g/mol. The van der Waals surface area contributed by atoms with Gasteiger partial charge in [-0.25, -0.2) is 8.42 Å². The molecule has 1 aromatic heterocycles. The van der Waals surface area contributed by atoms with E-state index in [9.17, 15) is 23.3 Å². The van der Waals surface area contributed by atoms with Crippen LogP contribution < -0.4 is 0 Å². The number of non-ortho nitro benzene ring substituents is 1. The quantitative estimate of drug-likeness (QED) is 0.560. The van der Waals surface area contributed by atoms with Crippen molar-refractivity contribution in [3.8, 4) is 0 Å². The van der Waals surface area contributed by atoms with Crippen molar-refractivity contribution in [3.63, 3.8) is 0 Å². The summed E-state index contributed by atoms with van der Waals surface area (Å²) in [6, 6.07) is 5.22. The number of hydrogen-bond acceptors (Lipinski definition) is 6. The number of aromatic nitrogens is 2. The van der Waals surface area contributed by atoms with E-state index in [0.717, 1.165) is 10.7 Å². The fraction of sp³-hybridized carbons (Fsp3) is 0.375. The predicted octanol–water partition coefficient (Wildman–Crippen LogP) is 2.13. The van der Waals surface area contributed by atoms with Crippen LogP contribution >= 0.6 is 0 Å². The maximum absolute atomic E-state index is 12.8. The Kier molecular flexibility index (Phi) is 5.57. The standard InChI is InChI=1S/C16H20N4O5S/c1-5-18(6-2)26(24,25)15-11(3)17-19(12(15)4)16(21)13-8-7-9-14(10-13)20(22)23/h7-10H,5-6H2,1-4H3. The molecule has 0 aliphatic carbocycles. The summed E-state index contributed by atoms with van der Waals surface area (Å²) in [4.78, 5) is 23.0. The number of benzene rings is 1. The van der Waals surface area contributed by atoms with Crippen molar-refractivity contribution in [1.82, 2.24) is 14.1 Å². The van der Waals surface area contributed by atoms with Gasteiger partial charge in [-0.1, -0.05) is 19.9 Å². The lowest BCUT2D eigenvalue weighted by atomic mass is 10.2. The normalized spacial score (nSPS) is 11.7. The van der Waals surface area contributed by atoms with Crippen LogP contribution in [-0.2, 0) is 10.0 Å². The molecule has 0 spiro atoms. The van der Waals surface area contributed by atoms with E-state index in [1.807, 2.05) is 0 Å². The molecule has 0 radical (unpaired) electrons. The van der Waals surface area contributed by atoms with E-state index in [2.05, 4.69) is 5.10 Å². The van der Waals surface area contributed by atoms with Crippen LogP contribution in [0.4, 0.5) is 5.69 Å². The Hall–Kier alpha value is -2.59. The molecule has 140 valence electrons. The van der Waals surface area contributed by atoms with Crippen LogP contribution in [0, 0.1) is 24.0 Å². The summed E-state index contributed by atoms with van der Waals surface area (Å²) in [6.45, 7) is 7.05. The van der Waals surface area contributed by atoms with Gasteiger partial charge < -0.3 is 0 Å². The minimum absolute atomic E-state index is 0.0139. The van der Waals surface area contributed by atoms with E-state index in [0.29, 0.717) is 13.1 Å². The maximum Gasteiger partial charge on any atom is 0.278 e. The number of nitrogens with zero attached hydrogens (tertiary/aromatic N) is 4. The van der Waals surface area contributed by atoms with Crippen LogP contribution in [0.15, 0.2) is 29.2 Å². The molecule has 1 aromatic carbocycles. The molecule has 2 rings (SSSR count). The van der Waals surface area contributed by atoms with Crippen molar-refractivity contribution in [3.05, 3.63) is 51.3 Å². The topological polar surface area (TPSA) is 115 Å². The first kappa shape index (κ1) is 19.7. The van der Waals surface area contributed by atoms with Crippen molar-refractivity contribution < 1.29 is 18.1 Å². The molecule has 0 atom stereocenters. The molecule has 0 aliphatic heterocycles. The Morgan fingerprint density at radius 2 is 1.88 bits per heavy atom. The van der Waals surface area contributed by atoms with Crippen molar-refractivity contribution >= 4 is 21.6 Å². The monoisotopic (exact) mass is 380 g/mol. The predicted molar refractivity (Wildman–Crippen MR) is 94.6 cm³/mol. The third-order valence-electron chi connectivity index (χ3n) is 4.02. The van der Waals surface area contributed by atoms with E-state index in [-0.39, 0.29) is 27.5 Å². The largest absolute Gasteiger partial charge is 0.278 e. The molecule has 1 heterocycles. The van der Waals surface area contributed by atoms with Gasteiger partial charge >= 0.3 is 0 Å². The van der Waals surface area contributed by atoms with Gasteiger partial charge in [0.15, 0.2) is 0 Å². The minimum Gasteiger partial charge on any atom is -0.267 e. The molecule has 0 N–H and O–H groups in total. The molecule has 0 unspecified atom stereocenters. The summed E-state index contributed by atoms with van der Waals surface area (Å²) >= 11 is 0. The molecular formula is C16H20N4O5S. The average molecular weight is 380 g/mol. The van der Waals surface area contributed by atoms with Gasteiger partial charge in [0.1, 0.15) is 4.90 Å². The first-order valence-corrected chi connectivity index (χ1v) is 9.44. The molecule has 26 heavy (non-hydrogen) atoms. The second-order valence-electron chi connectivity index (χ2n) is 5.61. The molecule has 0 aliphatic rings. The molecule has 0 amide bonds. The van der Waals surface area contributed by atoms with Gasteiger partial charge in [0, 0.05) is 30.8 Å². The van der Waals surface area contributed by atoms with Crippen LogP contribution in [0.3, 0.4) is 0 Å². The van der Waals surface area contributed by atoms with Gasteiger partial charge in [0.2, 0.25) is 10.0 Å². The van der Waals surface area contributed by atoms with Gasteiger partial charge in [0.05, 0.1) is 16.3 Å². The molecule has 2 aromatic rings. The zero-order chi connectivity index (χ0) is 19.6.